The van der Waals surface area contributed by atoms with Crippen LogP contribution >= 0.6 is 0 Å². The van der Waals surface area contributed by atoms with Gasteiger partial charge in [-0.25, -0.2) is 8.78 Å². The summed E-state index contributed by atoms with van der Waals surface area (Å²) in [5.74, 6) is -5.52. The number of anilines is 1. The van der Waals surface area contributed by atoms with Crippen LogP contribution in [0.25, 0.3) is 0 Å². The van der Waals surface area contributed by atoms with E-state index in [1.807, 2.05) is 0 Å². The first-order chi connectivity index (χ1) is 21.4. The minimum absolute atomic E-state index is 0.0132. The van der Waals surface area contributed by atoms with Crippen molar-refractivity contribution in [2.24, 2.45) is 5.92 Å². The van der Waals surface area contributed by atoms with Gasteiger partial charge >= 0.3 is 6.36 Å². The molecule has 3 aromatic rings. The molecule has 1 N–H and O–H groups in total. The molecule has 0 aliphatic carbocycles. The van der Waals surface area contributed by atoms with Gasteiger partial charge in [0.15, 0.2) is 0 Å². The van der Waals surface area contributed by atoms with E-state index in [2.05, 4.69) is 10.1 Å². The Morgan fingerprint density at radius 1 is 1.02 bits per heavy atom. The van der Waals surface area contributed by atoms with E-state index in [1.54, 1.807) is 19.2 Å². The number of ether oxygens (including phenoxy) is 3. The largest absolute Gasteiger partial charge is 0.573 e. The number of alkyl halides is 3. The zero-order valence-electron chi connectivity index (χ0n) is 24.3. The number of amides is 2. The van der Waals surface area contributed by atoms with Gasteiger partial charge in [0.2, 0.25) is 5.91 Å². The van der Waals surface area contributed by atoms with E-state index in [1.165, 1.54) is 11.7 Å². The molecule has 3 heterocycles. The third kappa shape index (κ3) is 6.95. The molecule has 2 aromatic carbocycles. The highest BCUT2D eigenvalue weighted by atomic mass is 19.4. The van der Waals surface area contributed by atoms with E-state index in [0.717, 1.165) is 54.1 Å². The molecular weight excluding hydrogens is 605 g/mol. The van der Waals surface area contributed by atoms with Crippen LogP contribution in [0.4, 0.5) is 27.6 Å². The van der Waals surface area contributed by atoms with Crippen molar-refractivity contribution in [3.05, 3.63) is 87.3 Å². The molecular formula is C31H30F5N3O6. The first-order valence-corrected chi connectivity index (χ1v) is 14.1. The van der Waals surface area contributed by atoms with Gasteiger partial charge in [0.25, 0.3) is 11.5 Å². The molecule has 0 radical (unpaired) electrons. The van der Waals surface area contributed by atoms with Crippen LogP contribution in [0, 0.1) is 24.5 Å². The van der Waals surface area contributed by atoms with Crippen molar-refractivity contribution in [2.45, 2.75) is 44.6 Å². The summed E-state index contributed by atoms with van der Waals surface area (Å²) in [6.45, 7) is 2.81. The van der Waals surface area contributed by atoms with Crippen LogP contribution in [-0.4, -0.2) is 55.7 Å². The molecule has 1 aromatic heterocycles. The van der Waals surface area contributed by atoms with Crippen molar-refractivity contribution in [3.63, 3.8) is 0 Å². The SMILES string of the molecule is COc1cc(F)c([C@@H]2CN(c3c(C)ccn(CC4CCOCC4)c3=O)C(=O)[C@H]2NC(=O)c2ccc(OC(F)(F)F)cc2)c(F)c1. The average molecular weight is 636 g/mol. The Hall–Kier alpha value is -4.46. The lowest BCUT2D eigenvalue weighted by Gasteiger charge is -2.24. The summed E-state index contributed by atoms with van der Waals surface area (Å²) in [6, 6.07) is 5.95. The van der Waals surface area contributed by atoms with Crippen molar-refractivity contribution in [3.8, 4) is 11.5 Å². The number of halogens is 5. The number of carbonyl (C=O) groups is 2. The molecule has 45 heavy (non-hydrogen) atoms. The average Bonchev–Trinajstić information content (AvgIpc) is 3.29. The van der Waals surface area contributed by atoms with Crippen LogP contribution in [0.1, 0.15) is 40.2 Å². The van der Waals surface area contributed by atoms with Gasteiger partial charge in [0.05, 0.1) is 7.11 Å². The van der Waals surface area contributed by atoms with Gasteiger partial charge in [-0.3, -0.25) is 14.4 Å². The summed E-state index contributed by atoms with van der Waals surface area (Å²) in [7, 11) is 1.23. The van der Waals surface area contributed by atoms with E-state index in [9.17, 15) is 27.6 Å². The molecule has 0 spiro atoms. The number of aromatic nitrogens is 1. The number of nitrogens with one attached hydrogen (secondary N) is 1. The van der Waals surface area contributed by atoms with Gasteiger partial charge in [-0.05, 0) is 61.6 Å². The fourth-order valence-electron chi connectivity index (χ4n) is 5.75. The number of aryl methyl sites for hydroxylation is 1. The summed E-state index contributed by atoms with van der Waals surface area (Å²) in [4.78, 5) is 42.0. The molecule has 2 fully saturated rings. The lowest BCUT2D eigenvalue weighted by atomic mass is 9.92. The molecule has 2 saturated heterocycles. The normalized spacial score (nSPS) is 19.1. The van der Waals surface area contributed by atoms with Crippen LogP contribution in [-0.2, 0) is 16.1 Å². The number of hydrogen-bond donors (Lipinski definition) is 1. The standard InChI is InChI=1S/C31H30F5N3O6/c1-17-7-10-38(15-18-8-11-44-12-9-18)30(42)27(17)39-16-22(25-23(32)13-21(43-2)14-24(25)33)26(29(39)41)37-28(40)19-3-5-20(6-4-19)45-31(34,35)36/h3-7,10,13-14,18,22,26H,8-9,11-12,15-16H2,1-2H3,(H,37,40)/t22-,26-/m0/s1. The molecule has 2 aliphatic heterocycles. The number of hydrogen-bond acceptors (Lipinski definition) is 6. The number of rotatable bonds is 8. The highest BCUT2D eigenvalue weighted by Gasteiger charge is 2.46. The van der Waals surface area contributed by atoms with E-state index in [-0.39, 0.29) is 29.5 Å². The topological polar surface area (TPSA) is 99.1 Å². The zero-order chi connectivity index (χ0) is 32.5. The van der Waals surface area contributed by atoms with Crippen LogP contribution in [0.3, 0.4) is 0 Å². The van der Waals surface area contributed by atoms with Crippen molar-refractivity contribution in [1.82, 2.24) is 9.88 Å². The molecule has 2 atom stereocenters. The molecule has 9 nitrogen and oxygen atoms in total. The second-order valence-electron chi connectivity index (χ2n) is 10.9. The maximum absolute atomic E-state index is 15.4. The summed E-state index contributed by atoms with van der Waals surface area (Å²) >= 11 is 0. The lowest BCUT2D eigenvalue weighted by molar-refractivity contribution is -0.274. The molecule has 0 unspecified atom stereocenters. The number of methoxy groups -OCH3 is 1. The smallest absolute Gasteiger partial charge is 0.497 e. The molecule has 0 bridgehead atoms. The van der Waals surface area contributed by atoms with Crippen molar-refractivity contribution in [2.75, 3.05) is 31.8 Å². The fourth-order valence-corrected chi connectivity index (χ4v) is 5.75. The molecule has 2 aliphatic rings. The summed E-state index contributed by atoms with van der Waals surface area (Å²) in [5.41, 5.74) is -0.657. The Labute approximate surface area is 254 Å². The summed E-state index contributed by atoms with van der Waals surface area (Å²) < 4.78 is 84.1. The minimum Gasteiger partial charge on any atom is -0.497 e. The van der Waals surface area contributed by atoms with Gasteiger partial charge in [-0.1, -0.05) is 0 Å². The highest BCUT2D eigenvalue weighted by molar-refractivity contribution is 6.05. The minimum atomic E-state index is -4.94. The maximum Gasteiger partial charge on any atom is 0.573 e. The third-order valence-electron chi connectivity index (χ3n) is 8.02. The van der Waals surface area contributed by atoms with E-state index in [4.69, 9.17) is 9.47 Å². The predicted octanol–water partition coefficient (Wildman–Crippen LogP) is 4.70. The fraction of sp³-hybridized carbons (Fsp3) is 0.387. The first-order valence-electron chi connectivity index (χ1n) is 14.1. The summed E-state index contributed by atoms with van der Waals surface area (Å²) in [6.07, 6.45) is -1.80. The van der Waals surface area contributed by atoms with Gasteiger partial charge in [0, 0.05) is 61.7 Å². The van der Waals surface area contributed by atoms with Gasteiger partial charge in [-0.2, -0.15) is 0 Å². The van der Waals surface area contributed by atoms with E-state index in [0.29, 0.717) is 25.3 Å². The van der Waals surface area contributed by atoms with Crippen molar-refractivity contribution >= 4 is 17.5 Å². The van der Waals surface area contributed by atoms with Gasteiger partial charge < -0.3 is 29.0 Å². The molecule has 240 valence electrons. The van der Waals surface area contributed by atoms with Crippen LogP contribution in [0.15, 0.2) is 53.5 Å². The quantitative estimate of drug-likeness (QED) is 0.361. The highest BCUT2D eigenvalue weighted by Crippen LogP contribution is 2.37. The summed E-state index contributed by atoms with van der Waals surface area (Å²) in [5, 5.41) is 2.48. The van der Waals surface area contributed by atoms with Crippen molar-refractivity contribution in [1.29, 1.82) is 0 Å². The van der Waals surface area contributed by atoms with Crippen LogP contribution < -0.4 is 25.2 Å². The number of pyridine rings is 1. The maximum atomic E-state index is 15.4. The van der Waals surface area contributed by atoms with Gasteiger partial charge in [0.1, 0.15) is 34.9 Å². The predicted molar refractivity (Wildman–Crippen MR) is 151 cm³/mol. The Balaban J connectivity index is 1.50. The first kappa shape index (κ1) is 31.9. The molecule has 5 rings (SSSR count). The Morgan fingerprint density at radius 3 is 2.27 bits per heavy atom. The Morgan fingerprint density at radius 2 is 1.67 bits per heavy atom. The molecule has 2 amide bonds. The third-order valence-corrected chi connectivity index (χ3v) is 8.02. The molecule has 14 heteroatoms. The number of nitrogens with zero attached hydrogens (tertiary/aromatic N) is 2. The zero-order valence-corrected chi connectivity index (χ0v) is 24.3. The second-order valence-corrected chi connectivity index (χ2v) is 10.9. The Bertz CT molecular complexity index is 1610. The van der Waals surface area contributed by atoms with Gasteiger partial charge in [-0.15, -0.1) is 13.2 Å². The lowest BCUT2D eigenvalue weighted by Crippen LogP contribution is -2.45. The monoisotopic (exact) mass is 635 g/mol. The van der Waals surface area contributed by atoms with E-state index < -0.39 is 58.6 Å². The number of benzene rings is 2. The second kappa shape index (κ2) is 12.9. The van der Waals surface area contributed by atoms with Crippen molar-refractivity contribution < 1.29 is 45.8 Å². The number of carbonyl (C=O) groups excluding carboxylic acids is 2. The van der Waals surface area contributed by atoms with Crippen LogP contribution in [0.5, 0.6) is 11.5 Å². The Kier molecular flexibility index (Phi) is 9.14. The van der Waals surface area contributed by atoms with Crippen LogP contribution in [0.2, 0.25) is 0 Å². The van der Waals surface area contributed by atoms with E-state index >= 15 is 8.78 Å². The molecule has 0 saturated carbocycles.